The average molecular weight is 422 g/mol. The molecule has 0 bridgehead atoms. The van der Waals surface area contributed by atoms with Gasteiger partial charge in [-0.3, -0.25) is 14.5 Å². The predicted molar refractivity (Wildman–Crippen MR) is 115 cm³/mol. The van der Waals surface area contributed by atoms with Crippen LogP contribution in [0.2, 0.25) is 0 Å². The molecule has 0 spiro atoms. The zero-order valence-corrected chi connectivity index (χ0v) is 17.9. The second-order valence-corrected chi connectivity index (χ2v) is 8.08. The second kappa shape index (κ2) is 8.62. The lowest BCUT2D eigenvalue weighted by atomic mass is 10.0. The molecule has 1 atom stereocenters. The van der Waals surface area contributed by atoms with Crippen LogP contribution >= 0.6 is 11.3 Å². The van der Waals surface area contributed by atoms with E-state index in [2.05, 4.69) is 32.0 Å². The molecular weight excluding hydrogens is 398 g/mol. The van der Waals surface area contributed by atoms with Crippen molar-refractivity contribution in [3.8, 4) is 0 Å². The minimum atomic E-state index is -0.271. The Bertz CT molecular complexity index is 1130. The van der Waals surface area contributed by atoms with Crippen molar-refractivity contribution in [2.75, 3.05) is 0 Å². The predicted octanol–water partition coefficient (Wildman–Crippen LogP) is 4.01. The van der Waals surface area contributed by atoms with Gasteiger partial charge in [-0.25, -0.2) is 0 Å². The quantitative estimate of drug-likeness (QED) is 0.487. The maximum atomic E-state index is 13.2. The molecule has 154 valence electrons. The first-order valence-electron chi connectivity index (χ1n) is 9.69. The molecule has 0 aliphatic rings. The summed E-state index contributed by atoms with van der Waals surface area (Å²) in [5.41, 5.74) is 5.08. The number of nitrogens with one attached hydrogen (secondary N) is 1. The molecule has 0 fully saturated rings. The molecule has 7 nitrogen and oxygen atoms in total. The first-order valence-corrected chi connectivity index (χ1v) is 10.6. The number of hydrogen-bond acceptors (Lipinski definition) is 6. The second-order valence-electron chi connectivity index (χ2n) is 7.30. The molecule has 0 aliphatic heterocycles. The summed E-state index contributed by atoms with van der Waals surface area (Å²) in [6, 6.07) is 7.68. The van der Waals surface area contributed by atoms with Crippen molar-refractivity contribution in [3.63, 3.8) is 0 Å². The Hall–Kier alpha value is -3.26. The fourth-order valence-electron chi connectivity index (χ4n) is 3.45. The Kier molecular flexibility index (Phi) is 5.76. The van der Waals surface area contributed by atoms with Gasteiger partial charge in [0.2, 0.25) is 0 Å². The molecule has 0 saturated carbocycles. The third-order valence-electron chi connectivity index (χ3n) is 5.02. The van der Waals surface area contributed by atoms with Crippen LogP contribution in [0, 0.1) is 20.8 Å². The summed E-state index contributed by atoms with van der Waals surface area (Å²) >= 11 is 1.64. The largest absolute Gasteiger partial charge is 0.361 e. The van der Waals surface area contributed by atoms with E-state index in [1.807, 2.05) is 49.0 Å². The van der Waals surface area contributed by atoms with Crippen LogP contribution in [0.4, 0.5) is 0 Å². The average Bonchev–Trinajstić information content (AvgIpc) is 3.44. The molecule has 4 rings (SSSR count). The van der Waals surface area contributed by atoms with Crippen LogP contribution in [0.1, 0.15) is 50.4 Å². The summed E-state index contributed by atoms with van der Waals surface area (Å²) in [5, 5.41) is 15.8. The topological polar surface area (TPSA) is 85.8 Å². The first kappa shape index (κ1) is 20.0. The lowest BCUT2D eigenvalue weighted by molar-refractivity contribution is 0.0926. The molecule has 1 amide bonds. The SMILES string of the molecule is Cc1cc(C)n(Cc2c(C(=O)N[C@H](Cc3ccsc3)c3cccnc3)noc2C)n1. The van der Waals surface area contributed by atoms with E-state index in [0.717, 1.165) is 28.1 Å². The van der Waals surface area contributed by atoms with Gasteiger partial charge >= 0.3 is 0 Å². The summed E-state index contributed by atoms with van der Waals surface area (Å²) < 4.78 is 7.22. The summed E-state index contributed by atoms with van der Waals surface area (Å²) in [6.45, 7) is 6.18. The molecule has 0 radical (unpaired) electrons. The van der Waals surface area contributed by atoms with Gasteiger partial charge in [-0.15, -0.1) is 0 Å². The highest BCUT2D eigenvalue weighted by atomic mass is 32.1. The Morgan fingerprint density at radius 1 is 1.30 bits per heavy atom. The van der Waals surface area contributed by atoms with E-state index < -0.39 is 0 Å². The van der Waals surface area contributed by atoms with E-state index in [0.29, 0.717) is 24.4 Å². The molecular formula is C22H23N5O2S. The highest BCUT2D eigenvalue weighted by molar-refractivity contribution is 7.07. The van der Waals surface area contributed by atoms with E-state index in [4.69, 9.17) is 4.52 Å². The van der Waals surface area contributed by atoms with Crippen molar-refractivity contribution in [2.45, 2.75) is 39.8 Å². The van der Waals surface area contributed by atoms with Crippen molar-refractivity contribution in [3.05, 3.63) is 87.0 Å². The van der Waals surface area contributed by atoms with Crippen LogP contribution < -0.4 is 5.32 Å². The van der Waals surface area contributed by atoms with E-state index >= 15 is 0 Å². The van der Waals surface area contributed by atoms with Crippen LogP contribution in [-0.4, -0.2) is 25.8 Å². The monoisotopic (exact) mass is 421 g/mol. The highest BCUT2D eigenvalue weighted by Crippen LogP contribution is 2.22. The third-order valence-corrected chi connectivity index (χ3v) is 5.76. The van der Waals surface area contributed by atoms with Crippen LogP contribution in [0.25, 0.3) is 0 Å². The number of rotatable bonds is 7. The number of carbonyl (C=O) groups excluding carboxylic acids is 1. The molecule has 30 heavy (non-hydrogen) atoms. The molecule has 4 heterocycles. The van der Waals surface area contributed by atoms with Gasteiger partial charge in [0, 0.05) is 23.7 Å². The molecule has 1 N–H and O–H groups in total. The van der Waals surface area contributed by atoms with Gasteiger partial charge in [0.25, 0.3) is 5.91 Å². The van der Waals surface area contributed by atoms with Gasteiger partial charge in [0.15, 0.2) is 5.69 Å². The Balaban J connectivity index is 1.59. The van der Waals surface area contributed by atoms with Gasteiger partial charge in [-0.05, 0) is 67.3 Å². The molecule has 0 unspecified atom stereocenters. The number of aromatic nitrogens is 4. The van der Waals surface area contributed by atoms with E-state index in [-0.39, 0.29) is 11.9 Å². The van der Waals surface area contributed by atoms with Crippen molar-refractivity contribution in [1.82, 2.24) is 25.2 Å². The van der Waals surface area contributed by atoms with Gasteiger partial charge in [-0.1, -0.05) is 11.2 Å². The maximum Gasteiger partial charge on any atom is 0.274 e. The summed E-state index contributed by atoms with van der Waals surface area (Å²) in [5.74, 6) is 0.343. The Morgan fingerprint density at radius 3 is 2.83 bits per heavy atom. The van der Waals surface area contributed by atoms with Gasteiger partial charge in [-0.2, -0.15) is 16.4 Å². The van der Waals surface area contributed by atoms with Crippen molar-refractivity contribution in [1.29, 1.82) is 0 Å². The van der Waals surface area contributed by atoms with Crippen LogP contribution in [0.5, 0.6) is 0 Å². The number of carbonyl (C=O) groups is 1. The smallest absolute Gasteiger partial charge is 0.274 e. The fraction of sp³-hybridized carbons (Fsp3) is 0.273. The van der Waals surface area contributed by atoms with Crippen molar-refractivity contribution < 1.29 is 9.32 Å². The minimum Gasteiger partial charge on any atom is -0.361 e. The molecule has 8 heteroatoms. The molecule has 4 aromatic heterocycles. The van der Waals surface area contributed by atoms with Gasteiger partial charge in [0.1, 0.15) is 5.76 Å². The van der Waals surface area contributed by atoms with Crippen molar-refractivity contribution >= 4 is 17.2 Å². The van der Waals surface area contributed by atoms with Crippen LogP contribution in [0.3, 0.4) is 0 Å². The number of amides is 1. The maximum absolute atomic E-state index is 13.2. The summed E-state index contributed by atoms with van der Waals surface area (Å²) in [6.07, 6.45) is 4.17. The number of thiophene rings is 1. The minimum absolute atomic E-state index is 0.223. The van der Waals surface area contributed by atoms with Gasteiger partial charge < -0.3 is 9.84 Å². The molecule has 4 aromatic rings. The first-order chi connectivity index (χ1) is 14.5. The lowest BCUT2D eigenvalue weighted by Crippen LogP contribution is -2.31. The lowest BCUT2D eigenvalue weighted by Gasteiger charge is -2.18. The molecule has 0 saturated heterocycles. The van der Waals surface area contributed by atoms with E-state index in [9.17, 15) is 4.79 Å². The number of aryl methyl sites for hydroxylation is 3. The van der Waals surface area contributed by atoms with Crippen molar-refractivity contribution in [2.24, 2.45) is 0 Å². The van der Waals surface area contributed by atoms with Crippen LogP contribution in [0.15, 0.2) is 51.9 Å². The summed E-state index contributed by atoms with van der Waals surface area (Å²) in [4.78, 5) is 17.4. The number of pyridine rings is 1. The standard InChI is InChI=1S/C22H23N5O2S/c1-14-9-15(2)27(25-14)12-19-16(3)29-26-21(19)22(28)24-20(10-17-6-8-30-13-17)18-5-4-7-23-11-18/h4-9,11,13,20H,10,12H2,1-3H3,(H,24,28)/t20-/m1/s1. The highest BCUT2D eigenvalue weighted by Gasteiger charge is 2.24. The molecule has 0 aliphatic carbocycles. The van der Waals surface area contributed by atoms with E-state index in [1.54, 1.807) is 23.7 Å². The zero-order valence-electron chi connectivity index (χ0n) is 17.1. The van der Waals surface area contributed by atoms with Gasteiger partial charge in [0.05, 0.1) is 18.3 Å². The summed E-state index contributed by atoms with van der Waals surface area (Å²) in [7, 11) is 0. The number of nitrogens with zero attached hydrogens (tertiary/aromatic N) is 4. The van der Waals surface area contributed by atoms with Crippen LogP contribution in [-0.2, 0) is 13.0 Å². The Labute approximate surface area is 178 Å². The molecule has 0 aromatic carbocycles. The third kappa shape index (κ3) is 4.33. The fourth-order valence-corrected chi connectivity index (χ4v) is 4.13. The number of hydrogen-bond donors (Lipinski definition) is 1. The zero-order chi connectivity index (χ0) is 21.1. The Morgan fingerprint density at radius 2 is 2.17 bits per heavy atom. The normalized spacial score (nSPS) is 12.1. The van der Waals surface area contributed by atoms with E-state index in [1.165, 1.54) is 0 Å².